The zero-order valence-corrected chi connectivity index (χ0v) is 39.3. The van der Waals surface area contributed by atoms with Gasteiger partial charge in [0.25, 0.3) is 0 Å². The molecule has 4 aliphatic rings. The van der Waals surface area contributed by atoms with Crippen LogP contribution in [0.3, 0.4) is 0 Å². The Bertz CT molecular complexity index is 2960. The first kappa shape index (κ1) is 40.0. The van der Waals surface area contributed by atoms with E-state index < -0.39 is 0 Å². The maximum absolute atomic E-state index is 2.79. The first-order valence-electron chi connectivity index (χ1n) is 23.1. The minimum atomic E-state index is -0.109. The topological polar surface area (TPSA) is 9.72 Å². The summed E-state index contributed by atoms with van der Waals surface area (Å²) in [4.78, 5) is 5.47. The molecule has 0 fully saturated rings. The Hall–Kier alpha value is -5.77. The zero-order chi connectivity index (χ0) is 44.1. The number of benzene rings is 7. The van der Waals surface area contributed by atoms with Gasteiger partial charge in [0.2, 0.25) is 0 Å². The molecule has 4 heterocycles. The minimum absolute atomic E-state index is 0.00933. The lowest BCUT2D eigenvalue weighted by atomic mass is 9.39. The molecule has 11 rings (SSSR count). The first-order chi connectivity index (χ1) is 29.8. The maximum Gasteiger partial charge on any atom is 0.307 e. The normalized spacial score (nSPS) is 15.1. The predicted molar refractivity (Wildman–Crippen MR) is 273 cm³/mol. The second-order valence-corrected chi connectivity index (χ2v) is 22.7. The smallest absolute Gasteiger partial charge is 0.307 e. The minimum Gasteiger partial charge on any atom is -0.310 e. The molecule has 0 radical (unpaired) electrons. The summed E-state index contributed by atoms with van der Waals surface area (Å²) in [6, 6.07) is 53.9. The molecule has 63 heavy (non-hydrogen) atoms. The Labute approximate surface area is 377 Å². The van der Waals surface area contributed by atoms with Crippen LogP contribution < -0.4 is 31.8 Å². The van der Waals surface area contributed by atoms with Crippen LogP contribution in [0.5, 0.6) is 0 Å². The van der Waals surface area contributed by atoms with Gasteiger partial charge in [-0.15, -0.1) is 0 Å². The molecule has 7 aromatic carbocycles. The van der Waals surface area contributed by atoms with E-state index in [1.807, 2.05) is 0 Å². The molecule has 312 valence electrons. The highest BCUT2D eigenvalue weighted by molar-refractivity contribution is 7.03. The number of hydrazine groups is 1. The van der Waals surface area contributed by atoms with Crippen molar-refractivity contribution < 1.29 is 0 Å². The van der Waals surface area contributed by atoms with Crippen molar-refractivity contribution in [2.24, 2.45) is 0 Å². The second-order valence-electron chi connectivity index (χ2n) is 22.7. The third-order valence-electron chi connectivity index (χ3n) is 14.4. The molecule has 0 amide bonds. The maximum atomic E-state index is 2.79. The van der Waals surface area contributed by atoms with E-state index in [0.717, 1.165) is 0 Å². The van der Waals surface area contributed by atoms with Crippen molar-refractivity contribution in [2.45, 2.75) is 105 Å². The summed E-state index contributed by atoms with van der Waals surface area (Å²) in [6.07, 6.45) is 0. The standard InChI is InChI=1S/C58H59B2N3/c1-55(2,3)38-26-28-46-44(30-38)45-31-40(57(7,8)9)34-50-52(45)59(46)63-60-47-29-27-39(56(4,5)6)32-48(47)61(49-33-41(58(10,11)12)35-51(53(49)60)62(50)63)54-42(36-20-15-13-16-21-36)24-19-25-43(54)37-22-17-14-18-23-37/h13-35H,1-12H3. The van der Waals surface area contributed by atoms with Crippen molar-refractivity contribution in [1.82, 2.24) is 4.83 Å². The van der Waals surface area contributed by atoms with Crippen molar-refractivity contribution in [3.05, 3.63) is 162 Å². The molecule has 4 aliphatic heterocycles. The van der Waals surface area contributed by atoms with Gasteiger partial charge in [-0.1, -0.05) is 198 Å². The van der Waals surface area contributed by atoms with Gasteiger partial charge in [-0.05, 0) is 112 Å². The van der Waals surface area contributed by atoms with E-state index in [1.165, 1.54) is 106 Å². The summed E-state index contributed by atoms with van der Waals surface area (Å²) in [5, 5.41) is 2.67. The molecule has 0 spiro atoms. The molecule has 0 unspecified atom stereocenters. The Morgan fingerprint density at radius 1 is 0.349 bits per heavy atom. The SMILES string of the molecule is CC(C)(C)c1ccc2c(c1)-c1cc(C(C)(C)C)cc3c1B2N1B2c4ccc(C(C)(C)C)cc4N(c4c(-c5ccccc5)cccc4-c4ccccc4)c4cc(C(C)(C)C)cc(c42)N31. The number of anilines is 5. The molecule has 0 aromatic heterocycles. The molecular weight excluding hydrogens is 760 g/mol. The van der Waals surface area contributed by atoms with Crippen molar-refractivity contribution in [3.63, 3.8) is 0 Å². The Morgan fingerprint density at radius 3 is 1.35 bits per heavy atom. The van der Waals surface area contributed by atoms with E-state index in [-0.39, 0.29) is 35.4 Å². The van der Waals surface area contributed by atoms with Crippen LogP contribution >= 0.6 is 0 Å². The summed E-state index contributed by atoms with van der Waals surface area (Å²) < 4.78 is 0. The molecule has 0 saturated heterocycles. The van der Waals surface area contributed by atoms with Gasteiger partial charge >= 0.3 is 13.7 Å². The lowest BCUT2D eigenvalue weighted by molar-refractivity contribution is 0.588. The van der Waals surface area contributed by atoms with Gasteiger partial charge in [-0.3, -0.25) is 9.84 Å². The fraction of sp³-hybridized carbons (Fsp3) is 0.276. The molecule has 0 aliphatic carbocycles. The molecule has 0 atom stereocenters. The van der Waals surface area contributed by atoms with Crippen LogP contribution in [0.2, 0.25) is 0 Å². The highest BCUT2D eigenvalue weighted by Crippen LogP contribution is 2.53. The van der Waals surface area contributed by atoms with Gasteiger partial charge < -0.3 is 4.90 Å². The number of para-hydroxylation sites is 1. The molecule has 5 heteroatoms. The fourth-order valence-corrected chi connectivity index (χ4v) is 10.9. The van der Waals surface area contributed by atoms with E-state index >= 15 is 0 Å². The van der Waals surface area contributed by atoms with E-state index in [4.69, 9.17) is 0 Å². The van der Waals surface area contributed by atoms with E-state index in [2.05, 4.69) is 237 Å². The average Bonchev–Trinajstić information content (AvgIpc) is 3.87. The quantitative estimate of drug-likeness (QED) is 0.164. The van der Waals surface area contributed by atoms with Gasteiger partial charge in [0.15, 0.2) is 0 Å². The summed E-state index contributed by atoms with van der Waals surface area (Å²) in [7, 11) is 0. The van der Waals surface area contributed by atoms with Crippen molar-refractivity contribution in [3.8, 4) is 33.4 Å². The summed E-state index contributed by atoms with van der Waals surface area (Å²) >= 11 is 0. The third kappa shape index (κ3) is 5.98. The van der Waals surface area contributed by atoms with Crippen LogP contribution in [0.15, 0.2) is 140 Å². The Morgan fingerprint density at radius 2 is 0.794 bits per heavy atom. The van der Waals surface area contributed by atoms with Gasteiger partial charge in [0.05, 0.1) is 17.1 Å². The number of nitrogens with zero attached hydrogens (tertiary/aromatic N) is 3. The number of hydrogen-bond donors (Lipinski definition) is 0. The summed E-state index contributed by atoms with van der Waals surface area (Å²) in [6.45, 7) is 28.4. The van der Waals surface area contributed by atoms with E-state index in [0.29, 0.717) is 0 Å². The first-order valence-corrected chi connectivity index (χ1v) is 23.1. The molecule has 0 saturated carbocycles. The van der Waals surface area contributed by atoms with Gasteiger partial charge in [-0.25, -0.2) is 0 Å². The Balaban J connectivity index is 1.27. The van der Waals surface area contributed by atoms with E-state index in [9.17, 15) is 0 Å². The van der Waals surface area contributed by atoms with Gasteiger partial charge in [-0.2, -0.15) is 0 Å². The predicted octanol–water partition coefficient (Wildman–Crippen LogP) is 12.6. The van der Waals surface area contributed by atoms with Crippen molar-refractivity contribution in [1.29, 1.82) is 0 Å². The summed E-state index contributed by atoms with van der Waals surface area (Å²) in [5.74, 6) is 0. The van der Waals surface area contributed by atoms with Crippen LogP contribution in [0, 0.1) is 0 Å². The van der Waals surface area contributed by atoms with E-state index in [1.54, 1.807) is 0 Å². The van der Waals surface area contributed by atoms with Gasteiger partial charge in [0, 0.05) is 22.5 Å². The van der Waals surface area contributed by atoms with Crippen LogP contribution in [0.4, 0.5) is 28.4 Å². The average molecular weight is 820 g/mol. The van der Waals surface area contributed by atoms with Crippen molar-refractivity contribution in [2.75, 3.05) is 9.91 Å². The van der Waals surface area contributed by atoms with Crippen LogP contribution in [0.25, 0.3) is 33.4 Å². The molecule has 0 bridgehead atoms. The number of fused-ring (bicyclic) bond motifs is 10. The number of rotatable bonds is 3. The highest BCUT2D eigenvalue weighted by atomic mass is 15.6. The largest absolute Gasteiger partial charge is 0.310 e. The number of hydrogen-bond acceptors (Lipinski definition) is 3. The highest BCUT2D eigenvalue weighted by Gasteiger charge is 2.59. The summed E-state index contributed by atoms with van der Waals surface area (Å²) in [5.41, 5.74) is 24.9. The fourth-order valence-electron chi connectivity index (χ4n) is 10.9. The molecular formula is C58H59B2N3. The molecule has 0 N–H and O–H groups in total. The second kappa shape index (κ2) is 13.4. The van der Waals surface area contributed by atoms with Crippen LogP contribution in [0.1, 0.15) is 105 Å². The lowest BCUT2D eigenvalue weighted by Gasteiger charge is -2.40. The lowest BCUT2D eigenvalue weighted by Crippen LogP contribution is -2.65. The third-order valence-corrected chi connectivity index (χ3v) is 14.4. The molecule has 7 aromatic rings. The van der Waals surface area contributed by atoms with Crippen LogP contribution in [-0.2, 0) is 21.7 Å². The zero-order valence-electron chi connectivity index (χ0n) is 39.3. The van der Waals surface area contributed by atoms with Crippen LogP contribution in [-0.4, -0.2) is 18.5 Å². The van der Waals surface area contributed by atoms with Gasteiger partial charge in [0.1, 0.15) is 0 Å². The Kier molecular flexibility index (Phi) is 8.50. The molecule has 3 nitrogen and oxygen atoms in total. The monoisotopic (exact) mass is 819 g/mol. The van der Waals surface area contributed by atoms with Crippen molar-refractivity contribution >= 4 is 64.0 Å².